The van der Waals surface area contributed by atoms with Gasteiger partial charge in [-0.15, -0.1) is 0 Å². The third kappa shape index (κ3) is 5.07. The summed E-state index contributed by atoms with van der Waals surface area (Å²) in [5.41, 5.74) is 1.38. The molecular formula is C18H20FNO3. The fourth-order valence-corrected chi connectivity index (χ4v) is 2.17. The lowest BCUT2D eigenvalue weighted by Gasteiger charge is -2.23. The molecule has 1 unspecified atom stereocenters. The first-order chi connectivity index (χ1) is 11.0. The Hall–Kier alpha value is -2.40. The fraction of sp³-hybridized carbons (Fsp3) is 0.278. The van der Waals surface area contributed by atoms with E-state index < -0.39 is 6.10 Å². The summed E-state index contributed by atoms with van der Waals surface area (Å²) in [6, 6.07) is 12.9. The quantitative estimate of drug-likeness (QED) is 0.798. The molecule has 2 rings (SSSR count). The first kappa shape index (κ1) is 17.0. The molecule has 0 saturated heterocycles. The predicted molar refractivity (Wildman–Crippen MR) is 87.6 cm³/mol. The Kier molecular flexibility index (Phi) is 5.71. The molecule has 2 aromatic rings. The van der Waals surface area contributed by atoms with E-state index in [-0.39, 0.29) is 18.2 Å². The van der Waals surface area contributed by atoms with Crippen LogP contribution in [0, 0.1) is 5.82 Å². The minimum atomic E-state index is -0.717. The first-order valence-electron chi connectivity index (χ1n) is 7.34. The van der Waals surface area contributed by atoms with E-state index in [4.69, 9.17) is 4.74 Å². The molecule has 5 heteroatoms. The van der Waals surface area contributed by atoms with Gasteiger partial charge in [-0.25, -0.2) is 4.39 Å². The summed E-state index contributed by atoms with van der Waals surface area (Å²) in [6.07, 6.45) is -0.717. The van der Waals surface area contributed by atoms with Gasteiger partial charge in [0.1, 0.15) is 24.3 Å². The molecule has 2 aromatic carbocycles. The summed E-state index contributed by atoms with van der Waals surface area (Å²) in [5.74, 6) is 0.213. The van der Waals surface area contributed by atoms with Crippen molar-refractivity contribution in [1.82, 2.24) is 0 Å². The van der Waals surface area contributed by atoms with Gasteiger partial charge < -0.3 is 14.7 Å². The van der Waals surface area contributed by atoms with Crippen molar-refractivity contribution in [3.05, 3.63) is 59.9 Å². The molecule has 0 radical (unpaired) electrons. The normalized spacial score (nSPS) is 11.8. The zero-order valence-electron chi connectivity index (χ0n) is 13.2. The molecule has 0 spiro atoms. The van der Waals surface area contributed by atoms with Crippen molar-refractivity contribution in [2.45, 2.75) is 13.0 Å². The van der Waals surface area contributed by atoms with Gasteiger partial charge >= 0.3 is 0 Å². The maximum absolute atomic E-state index is 12.9. The number of rotatable bonds is 7. The minimum absolute atomic E-state index is 0.0351. The first-order valence-corrected chi connectivity index (χ1v) is 7.34. The van der Waals surface area contributed by atoms with Crippen molar-refractivity contribution < 1.29 is 19.0 Å². The number of aliphatic hydroxyl groups excluding tert-OH is 1. The summed E-state index contributed by atoms with van der Waals surface area (Å²) in [6.45, 7) is 1.94. The van der Waals surface area contributed by atoms with Crippen LogP contribution in [0.15, 0.2) is 48.5 Å². The van der Waals surface area contributed by atoms with E-state index in [0.29, 0.717) is 17.9 Å². The van der Waals surface area contributed by atoms with E-state index in [1.54, 1.807) is 36.4 Å². The summed E-state index contributed by atoms with van der Waals surface area (Å²) in [7, 11) is 1.81. The third-order valence-electron chi connectivity index (χ3n) is 3.43. The lowest BCUT2D eigenvalue weighted by Crippen LogP contribution is -2.33. The number of benzene rings is 2. The Morgan fingerprint density at radius 2 is 1.96 bits per heavy atom. The van der Waals surface area contributed by atoms with Crippen molar-refractivity contribution in [3.8, 4) is 5.75 Å². The molecule has 0 fully saturated rings. The van der Waals surface area contributed by atoms with Crippen LogP contribution in [0.5, 0.6) is 5.75 Å². The number of ether oxygens (including phenoxy) is 1. The molecule has 0 saturated carbocycles. The number of aliphatic hydroxyl groups is 1. The number of anilines is 1. The SMILES string of the molecule is CC(=O)c1cccc(OCC(O)CN(C)c2ccc(F)cc2)c1. The number of likely N-dealkylation sites (N-methyl/N-ethyl adjacent to an activating group) is 1. The largest absolute Gasteiger partial charge is 0.491 e. The van der Waals surface area contributed by atoms with E-state index >= 15 is 0 Å². The summed E-state index contributed by atoms with van der Waals surface area (Å²) in [4.78, 5) is 13.1. The molecule has 0 aliphatic heterocycles. The topological polar surface area (TPSA) is 49.8 Å². The van der Waals surface area contributed by atoms with Gasteiger partial charge in [-0.1, -0.05) is 12.1 Å². The molecule has 23 heavy (non-hydrogen) atoms. The van der Waals surface area contributed by atoms with Crippen LogP contribution in [-0.4, -0.2) is 37.2 Å². The van der Waals surface area contributed by atoms with Crippen molar-refractivity contribution in [3.63, 3.8) is 0 Å². The van der Waals surface area contributed by atoms with Gasteiger partial charge in [-0.3, -0.25) is 4.79 Å². The molecule has 1 atom stereocenters. The van der Waals surface area contributed by atoms with Gasteiger partial charge in [0.05, 0.1) is 0 Å². The molecule has 0 aliphatic rings. The van der Waals surface area contributed by atoms with Crippen molar-refractivity contribution in [2.24, 2.45) is 0 Å². The monoisotopic (exact) mass is 317 g/mol. The maximum Gasteiger partial charge on any atom is 0.159 e. The van der Waals surface area contributed by atoms with Crippen LogP contribution >= 0.6 is 0 Å². The number of hydrogen-bond acceptors (Lipinski definition) is 4. The van der Waals surface area contributed by atoms with Crippen molar-refractivity contribution >= 4 is 11.5 Å². The number of ketones is 1. The fourth-order valence-electron chi connectivity index (χ4n) is 2.17. The van der Waals surface area contributed by atoms with Crippen LogP contribution < -0.4 is 9.64 Å². The molecular weight excluding hydrogens is 297 g/mol. The van der Waals surface area contributed by atoms with Gasteiger partial charge in [0.25, 0.3) is 0 Å². The molecule has 4 nitrogen and oxygen atoms in total. The smallest absolute Gasteiger partial charge is 0.159 e. The van der Waals surface area contributed by atoms with Crippen LogP contribution in [0.25, 0.3) is 0 Å². The molecule has 0 bridgehead atoms. The molecule has 1 N–H and O–H groups in total. The molecule has 0 aromatic heterocycles. The predicted octanol–water partition coefficient (Wildman–Crippen LogP) is 2.90. The summed E-state index contributed by atoms with van der Waals surface area (Å²) in [5, 5.41) is 10.1. The summed E-state index contributed by atoms with van der Waals surface area (Å²) < 4.78 is 18.4. The molecule has 0 aliphatic carbocycles. The lowest BCUT2D eigenvalue weighted by molar-refractivity contribution is 0.101. The Labute approximate surface area is 135 Å². The zero-order valence-corrected chi connectivity index (χ0v) is 13.2. The van der Waals surface area contributed by atoms with Gasteiger partial charge in [-0.2, -0.15) is 0 Å². The number of carbonyl (C=O) groups is 1. The second-order valence-electron chi connectivity index (χ2n) is 5.41. The molecule has 0 heterocycles. The van der Waals surface area contributed by atoms with E-state index in [9.17, 15) is 14.3 Å². The molecule has 0 amide bonds. The number of halogens is 1. The highest BCUT2D eigenvalue weighted by Crippen LogP contribution is 2.16. The van der Waals surface area contributed by atoms with Crippen molar-refractivity contribution in [2.75, 3.05) is 25.1 Å². The van der Waals surface area contributed by atoms with Crippen molar-refractivity contribution in [1.29, 1.82) is 0 Å². The Morgan fingerprint density at radius 3 is 2.61 bits per heavy atom. The number of Topliss-reactive ketones (excluding diaryl/α,β-unsaturated/α-hetero) is 1. The average Bonchev–Trinajstić information content (AvgIpc) is 2.53. The second kappa shape index (κ2) is 7.74. The van der Waals surface area contributed by atoms with Crippen LogP contribution in [0.4, 0.5) is 10.1 Å². The Bertz CT molecular complexity index is 658. The van der Waals surface area contributed by atoms with E-state index in [1.165, 1.54) is 19.1 Å². The minimum Gasteiger partial charge on any atom is -0.491 e. The number of nitrogens with zero attached hydrogens (tertiary/aromatic N) is 1. The van der Waals surface area contributed by atoms with Gasteiger partial charge in [0, 0.05) is 24.8 Å². The van der Waals surface area contributed by atoms with Crippen LogP contribution in [0.3, 0.4) is 0 Å². The third-order valence-corrected chi connectivity index (χ3v) is 3.43. The van der Waals surface area contributed by atoms with Gasteiger partial charge in [-0.05, 0) is 43.3 Å². The highest BCUT2D eigenvalue weighted by Gasteiger charge is 2.10. The Morgan fingerprint density at radius 1 is 1.26 bits per heavy atom. The van der Waals surface area contributed by atoms with Gasteiger partial charge in [0.2, 0.25) is 0 Å². The van der Waals surface area contributed by atoms with Crippen LogP contribution in [0.2, 0.25) is 0 Å². The number of hydrogen-bond donors (Lipinski definition) is 1. The second-order valence-corrected chi connectivity index (χ2v) is 5.41. The van der Waals surface area contributed by atoms with E-state index in [1.807, 2.05) is 11.9 Å². The summed E-state index contributed by atoms with van der Waals surface area (Å²) >= 11 is 0. The standard InChI is InChI=1S/C18H20FNO3/c1-13(21)14-4-3-5-18(10-14)23-12-17(22)11-20(2)16-8-6-15(19)7-9-16/h3-10,17,22H,11-12H2,1-2H3. The Balaban J connectivity index is 1.87. The molecule has 122 valence electrons. The zero-order chi connectivity index (χ0) is 16.8. The van der Waals surface area contributed by atoms with Crippen LogP contribution in [0.1, 0.15) is 17.3 Å². The van der Waals surface area contributed by atoms with E-state index in [0.717, 1.165) is 5.69 Å². The number of carbonyl (C=O) groups excluding carboxylic acids is 1. The lowest BCUT2D eigenvalue weighted by atomic mass is 10.1. The maximum atomic E-state index is 12.9. The average molecular weight is 317 g/mol. The highest BCUT2D eigenvalue weighted by molar-refractivity contribution is 5.94. The van der Waals surface area contributed by atoms with Gasteiger partial charge in [0.15, 0.2) is 5.78 Å². The van der Waals surface area contributed by atoms with Crippen LogP contribution in [-0.2, 0) is 0 Å². The highest BCUT2D eigenvalue weighted by atomic mass is 19.1. The van der Waals surface area contributed by atoms with E-state index in [2.05, 4.69) is 0 Å².